The van der Waals surface area contributed by atoms with Gasteiger partial charge >= 0.3 is 0 Å². The van der Waals surface area contributed by atoms with E-state index in [1.165, 1.54) is 0 Å². The minimum atomic E-state index is 0.768. The average Bonchev–Trinajstić information content (AvgIpc) is 1.61. The van der Waals surface area contributed by atoms with Crippen molar-refractivity contribution in [1.29, 1.82) is 0 Å². The first-order valence-electron chi connectivity index (χ1n) is 2.23. The van der Waals surface area contributed by atoms with Gasteiger partial charge in [0, 0.05) is 0 Å². The molecule has 0 heterocycles. The zero-order valence-electron chi connectivity index (χ0n) is 4.15. The van der Waals surface area contributed by atoms with E-state index < -0.39 is 0 Å². The number of allylic oxidation sites excluding steroid dienone is 2. The fourth-order valence-corrected chi connectivity index (χ4v) is 0.263. The number of hydrogen-bond acceptors (Lipinski definition) is 0. The molecule has 0 nitrogen and oxygen atoms in total. The summed E-state index contributed by atoms with van der Waals surface area (Å²) < 4.78 is 0. The average molecular weight is 79.9 g/mol. The molecule has 0 aliphatic heterocycles. The molecule has 0 N–H and O–H groups in total. The van der Waals surface area contributed by atoms with Gasteiger partial charge in [-0.05, 0) is 13.3 Å². The summed E-state index contributed by atoms with van der Waals surface area (Å²) in [4.78, 5) is 0. The molecule has 0 saturated heterocycles. The van der Waals surface area contributed by atoms with Gasteiger partial charge in [0.1, 0.15) is 0 Å². The van der Waals surface area contributed by atoms with Gasteiger partial charge in [-0.3, -0.25) is 0 Å². The van der Waals surface area contributed by atoms with Crippen LogP contribution in [-0.4, -0.2) is 7.85 Å². The highest BCUT2D eigenvalue weighted by atomic mass is 13.7. The van der Waals surface area contributed by atoms with Gasteiger partial charge in [0.15, 0.2) is 0 Å². The van der Waals surface area contributed by atoms with Crippen molar-refractivity contribution in [2.45, 2.75) is 19.7 Å². The Hall–Kier alpha value is -0.195. The van der Waals surface area contributed by atoms with Crippen LogP contribution in [0.5, 0.6) is 0 Å². The van der Waals surface area contributed by atoms with Gasteiger partial charge < -0.3 is 0 Å². The topological polar surface area (TPSA) is 0 Å². The second-order valence-electron chi connectivity index (χ2n) is 1.15. The van der Waals surface area contributed by atoms with Crippen molar-refractivity contribution in [2.75, 3.05) is 0 Å². The third-order valence-electron chi connectivity index (χ3n) is 0.569. The summed E-state index contributed by atoms with van der Waals surface area (Å²) in [6, 6.07) is 0. The normalized spacial score (nSPS) is 10.2. The molecule has 0 atom stereocenters. The van der Waals surface area contributed by atoms with Crippen molar-refractivity contribution in [1.82, 2.24) is 0 Å². The first-order chi connectivity index (χ1) is 2.91. The van der Waals surface area contributed by atoms with E-state index in [0.29, 0.717) is 0 Å². The predicted molar refractivity (Wildman–Crippen MR) is 30.0 cm³/mol. The van der Waals surface area contributed by atoms with Crippen molar-refractivity contribution in [3.05, 3.63) is 12.2 Å². The van der Waals surface area contributed by atoms with Crippen molar-refractivity contribution < 1.29 is 0 Å². The van der Waals surface area contributed by atoms with Crippen molar-refractivity contribution >= 4 is 7.85 Å². The molecule has 0 fully saturated rings. The molecule has 0 bridgehead atoms. The summed E-state index contributed by atoms with van der Waals surface area (Å²) in [7, 11) is 5.16. The van der Waals surface area contributed by atoms with E-state index in [2.05, 4.69) is 6.08 Å². The lowest BCUT2D eigenvalue weighted by Gasteiger charge is -1.76. The molecule has 0 spiro atoms. The highest BCUT2D eigenvalue weighted by Crippen LogP contribution is 1.83. The molecule has 0 unspecified atom stereocenters. The lowest BCUT2D eigenvalue weighted by atomic mass is 10.0. The summed E-state index contributed by atoms with van der Waals surface area (Å²) in [6.45, 7) is 2.00. The van der Waals surface area contributed by atoms with Gasteiger partial charge in [-0.15, -0.1) is 0 Å². The summed E-state index contributed by atoms with van der Waals surface area (Å²) in [5.74, 6) is 0. The fourth-order valence-electron chi connectivity index (χ4n) is 0.263. The molecule has 2 radical (unpaired) electrons. The summed E-state index contributed by atoms with van der Waals surface area (Å²) in [5.41, 5.74) is 0. The quantitative estimate of drug-likeness (QED) is 0.348. The second kappa shape index (κ2) is 4.80. The smallest absolute Gasteiger partial charge is 0.0657 e. The van der Waals surface area contributed by atoms with Crippen LogP contribution < -0.4 is 0 Å². The molecule has 1 heteroatoms. The van der Waals surface area contributed by atoms with Crippen LogP contribution in [0.25, 0.3) is 0 Å². The predicted octanol–water partition coefficient (Wildman–Crippen LogP) is 1.54. The Bertz CT molecular complexity index is 39.2. The third-order valence-corrected chi connectivity index (χ3v) is 0.569. The Labute approximate surface area is 40.7 Å². The lowest BCUT2D eigenvalue weighted by Crippen LogP contribution is -1.60. The van der Waals surface area contributed by atoms with Crippen molar-refractivity contribution in [2.24, 2.45) is 0 Å². The van der Waals surface area contributed by atoms with Gasteiger partial charge in [-0.1, -0.05) is 18.5 Å². The standard InChI is InChI=1S/C5H9B/c1-2-3-4-5-6/h2-3H,4-5H2,1H3/b3-2+. The second-order valence-corrected chi connectivity index (χ2v) is 1.15. The Morgan fingerprint density at radius 3 is 2.50 bits per heavy atom. The van der Waals surface area contributed by atoms with Crippen LogP contribution in [-0.2, 0) is 0 Å². The Kier molecular flexibility index (Phi) is 4.65. The molecule has 0 aromatic rings. The summed E-state index contributed by atoms with van der Waals surface area (Å²) >= 11 is 0. The molecule has 0 aliphatic carbocycles. The molecule has 0 saturated carbocycles. The van der Waals surface area contributed by atoms with Gasteiger partial charge in [0.2, 0.25) is 0 Å². The van der Waals surface area contributed by atoms with E-state index in [4.69, 9.17) is 7.85 Å². The van der Waals surface area contributed by atoms with Gasteiger partial charge in [-0.2, -0.15) is 0 Å². The summed E-state index contributed by atoms with van der Waals surface area (Å²) in [5, 5.41) is 0. The third kappa shape index (κ3) is 3.80. The van der Waals surface area contributed by atoms with E-state index in [1.807, 2.05) is 13.0 Å². The van der Waals surface area contributed by atoms with Crippen molar-refractivity contribution in [3.63, 3.8) is 0 Å². The minimum absolute atomic E-state index is 0.768. The maximum Gasteiger partial charge on any atom is 0.0657 e. The van der Waals surface area contributed by atoms with E-state index in [-0.39, 0.29) is 0 Å². The Balaban J connectivity index is 2.66. The SMILES string of the molecule is [B]CC/C=C/C. The number of hydrogen-bond donors (Lipinski definition) is 0. The van der Waals surface area contributed by atoms with Crippen LogP contribution in [0.3, 0.4) is 0 Å². The Morgan fingerprint density at radius 1 is 1.67 bits per heavy atom. The molecule has 0 rings (SSSR count). The zero-order valence-corrected chi connectivity index (χ0v) is 4.15. The molecule has 32 valence electrons. The van der Waals surface area contributed by atoms with Crippen LogP contribution in [0.4, 0.5) is 0 Å². The highest BCUT2D eigenvalue weighted by Gasteiger charge is 1.65. The van der Waals surface area contributed by atoms with Crippen LogP contribution in [0.2, 0.25) is 6.32 Å². The van der Waals surface area contributed by atoms with E-state index in [1.54, 1.807) is 0 Å². The molecule has 0 aliphatic rings. The van der Waals surface area contributed by atoms with Gasteiger partial charge in [-0.25, -0.2) is 0 Å². The fraction of sp³-hybridized carbons (Fsp3) is 0.600. The van der Waals surface area contributed by atoms with E-state index in [9.17, 15) is 0 Å². The largest absolute Gasteiger partial charge is 0.0917 e. The van der Waals surface area contributed by atoms with Gasteiger partial charge in [0.05, 0.1) is 7.85 Å². The molecule has 0 aromatic carbocycles. The van der Waals surface area contributed by atoms with E-state index in [0.717, 1.165) is 12.7 Å². The monoisotopic (exact) mass is 80.1 g/mol. The van der Waals surface area contributed by atoms with Gasteiger partial charge in [0.25, 0.3) is 0 Å². The van der Waals surface area contributed by atoms with Crippen LogP contribution >= 0.6 is 0 Å². The van der Waals surface area contributed by atoms with Crippen LogP contribution in [0.1, 0.15) is 13.3 Å². The molecular formula is C5H9B. The minimum Gasteiger partial charge on any atom is -0.0917 e. The first-order valence-corrected chi connectivity index (χ1v) is 2.23. The zero-order chi connectivity index (χ0) is 4.83. The molecule has 0 aromatic heterocycles. The summed E-state index contributed by atoms with van der Waals surface area (Å²) in [6.07, 6.45) is 5.84. The van der Waals surface area contributed by atoms with E-state index >= 15 is 0 Å². The highest BCUT2D eigenvalue weighted by molar-refractivity contribution is 6.08. The maximum atomic E-state index is 5.16. The van der Waals surface area contributed by atoms with Crippen LogP contribution in [0.15, 0.2) is 12.2 Å². The maximum absolute atomic E-state index is 5.16. The molecule has 6 heavy (non-hydrogen) atoms. The first kappa shape index (κ1) is 5.80. The van der Waals surface area contributed by atoms with Crippen molar-refractivity contribution in [3.8, 4) is 0 Å². The molecule has 0 amide bonds. The van der Waals surface area contributed by atoms with Crippen LogP contribution in [0, 0.1) is 0 Å². The molecular weight excluding hydrogens is 70.9 g/mol. The Morgan fingerprint density at radius 2 is 2.33 bits per heavy atom. The number of rotatable bonds is 2. The lowest BCUT2D eigenvalue weighted by molar-refractivity contribution is 1.21.